The second kappa shape index (κ2) is 5.33. The number of rotatable bonds is 7. The van der Waals surface area contributed by atoms with Crippen LogP contribution in [0.15, 0.2) is 10.3 Å². The molecule has 0 aromatic carbocycles. The summed E-state index contributed by atoms with van der Waals surface area (Å²) in [4.78, 5) is 1.13. The van der Waals surface area contributed by atoms with E-state index in [4.69, 9.17) is 0 Å². The van der Waals surface area contributed by atoms with Crippen LogP contribution in [-0.2, 0) is 16.6 Å². The molecule has 1 aromatic rings. The molecule has 4 nitrogen and oxygen atoms in total. The molecular formula is C15H24N2O2S2. The summed E-state index contributed by atoms with van der Waals surface area (Å²) in [7, 11) is -3.35. The lowest BCUT2D eigenvalue weighted by Crippen LogP contribution is -2.26. The van der Waals surface area contributed by atoms with Gasteiger partial charge in [-0.2, -0.15) is 0 Å². The van der Waals surface area contributed by atoms with Gasteiger partial charge in [-0.05, 0) is 49.1 Å². The number of sulfonamides is 1. The Morgan fingerprint density at radius 2 is 2.05 bits per heavy atom. The van der Waals surface area contributed by atoms with Gasteiger partial charge in [0.2, 0.25) is 10.0 Å². The third-order valence-electron chi connectivity index (χ3n) is 4.63. The molecule has 6 heteroatoms. The van der Waals surface area contributed by atoms with Crippen molar-refractivity contribution in [1.82, 2.24) is 10.0 Å². The minimum Gasteiger partial charge on any atom is -0.309 e. The van der Waals surface area contributed by atoms with Gasteiger partial charge in [0.1, 0.15) is 4.21 Å². The average Bonchev–Trinajstić information content (AvgIpc) is 3.27. The summed E-state index contributed by atoms with van der Waals surface area (Å²) in [5, 5.41) is 3.44. The minimum atomic E-state index is -3.35. The van der Waals surface area contributed by atoms with E-state index in [1.165, 1.54) is 24.2 Å². The molecule has 0 aliphatic heterocycles. The van der Waals surface area contributed by atoms with Crippen molar-refractivity contribution >= 4 is 21.4 Å². The molecule has 0 saturated heterocycles. The second-order valence-electron chi connectivity index (χ2n) is 7.07. The highest BCUT2D eigenvalue weighted by molar-refractivity contribution is 7.91. The van der Waals surface area contributed by atoms with E-state index in [2.05, 4.69) is 23.9 Å². The van der Waals surface area contributed by atoms with Crippen LogP contribution in [0.5, 0.6) is 0 Å². The Kier molecular flexibility index (Phi) is 3.93. The van der Waals surface area contributed by atoms with Crippen molar-refractivity contribution < 1.29 is 8.42 Å². The van der Waals surface area contributed by atoms with E-state index in [0.29, 0.717) is 28.1 Å². The van der Waals surface area contributed by atoms with Crippen LogP contribution in [0, 0.1) is 18.3 Å². The molecule has 21 heavy (non-hydrogen) atoms. The Hall–Kier alpha value is -0.430. The van der Waals surface area contributed by atoms with Crippen LogP contribution in [-0.4, -0.2) is 21.0 Å². The predicted octanol–water partition coefficient (Wildman–Crippen LogP) is 2.63. The van der Waals surface area contributed by atoms with Gasteiger partial charge in [-0.25, -0.2) is 13.1 Å². The molecular weight excluding hydrogens is 304 g/mol. The zero-order chi connectivity index (χ0) is 15.3. The highest BCUT2D eigenvalue weighted by Crippen LogP contribution is 2.51. The largest absolute Gasteiger partial charge is 0.309 e. The smallest absolute Gasteiger partial charge is 0.250 e. The topological polar surface area (TPSA) is 58.2 Å². The Bertz CT molecular complexity index is 630. The third-order valence-corrected chi connectivity index (χ3v) is 7.76. The van der Waals surface area contributed by atoms with Crippen LogP contribution in [0.1, 0.15) is 43.6 Å². The molecule has 1 unspecified atom stereocenters. The first kappa shape index (κ1) is 15.5. The summed E-state index contributed by atoms with van der Waals surface area (Å²) >= 11 is 1.40. The van der Waals surface area contributed by atoms with E-state index < -0.39 is 10.0 Å². The van der Waals surface area contributed by atoms with E-state index in [0.717, 1.165) is 23.4 Å². The molecule has 1 atom stereocenters. The van der Waals surface area contributed by atoms with Crippen LogP contribution in [0.4, 0.5) is 0 Å². The monoisotopic (exact) mass is 328 g/mol. The number of hydrogen-bond donors (Lipinski definition) is 2. The lowest BCUT2D eigenvalue weighted by Gasteiger charge is -2.06. The van der Waals surface area contributed by atoms with Crippen molar-refractivity contribution in [3.63, 3.8) is 0 Å². The Morgan fingerprint density at radius 1 is 1.38 bits per heavy atom. The zero-order valence-corrected chi connectivity index (χ0v) is 14.5. The molecule has 0 spiro atoms. The van der Waals surface area contributed by atoms with E-state index in [1.807, 2.05) is 6.92 Å². The van der Waals surface area contributed by atoms with Gasteiger partial charge < -0.3 is 5.32 Å². The Labute approximate surface area is 131 Å². The molecule has 2 saturated carbocycles. The minimum absolute atomic E-state index is 0.299. The Morgan fingerprint density at radius 3 is 2.62 bits per heavy atom. The van der Waals surface area contributed by atoms with E-state index in [-0.39, 0.29) is 0 Å². The number of thiophene rings is 1. The van der Waals surface area contributed by atoms with Gasteiger partial charge in [-0.15, -0.1) is 11.3 Å². The predicted molar refractivity (Wildman–Crippen MR) is 86.0 cm³/mol. The van der Waals surface area contributed by atoms with E-state index in [1.54, 1.807) is 6.07 Å². The highest BCUT2D eigenvalue weighted by atomic mass is 32.2. The molecule has 0 bridgehead atoms. The molecule has 2 aliphatic rings. The third kappa shape index (κ3) is 3.67. The lowest BCUT2D eigenvalue weighted by atomic mass is 10.1. The number of nitrogens with one attached hydrogen (secondary N) is 2. The summed E-state index contributed by atoms with van der Waals surface area (Å²) in [5.41, 5.74) is 1.37. The van der Waals surface area contributed by atoms with Crippen LogP contribution in [0.2, 0.25) is 0 Å². The van der Waals surface area contributed by atoms with Gasteiger partial charge in [0, 0.05) is 24.0 Å². The van der Waals surface area contributed by atoms with E-state index >= 15 is 0 Å². The van der Waals surface area contributed by atoms with Crippen molar-refractivity contribution in [1.29, 1.82) is 0 Å². The fourth-order valence-electron chi connectivity index (χ4n) is 2.53. The van der Waals surface area contributed by atoms with Gasteiger partial charge in [0.15, 0.2) is 0 Å². The zero-order valence-electron chi connectivity index (χ0n) is 12.9. The van der Waals surface area contributed by atoms with Crippen molar-refractivity contribution in [2.45, 2.75) is 56.8 Å². The van der Waals surface area contributed by atoms with Crippen molar-refractivity contribution in [2.24, 2.45) is 11.3 Å². The molecule has 3 rings (SSSR count). The summed E-state index contributed by atoms with van der Waals surface area (Å²) in [6.07, 6.45) is 3.60. The molecule has 0 amide bonds. The van der Waals surface area contributed by atoms with Gasteiger partial charge in [-0.3, -0.25) is 0 Å². The summed E-state index contributed by atoms with van der Waals surface area (Å²) in [6, 6.07) is 2.44. The molecule has 2 aliphatic carbocycles. The molecule has 118 valence electrons. The fourth-order valence-corrected chi connectivity index (χ4v) is 5.19. The van der Waals surface area contributed by atoms with Crippen molar-refractivity contribution in [3.05, 3.63) is 16.5 Å². The van der Waals surface area contributed by atoms with Crippen LogP contribution < -0.4 is 10.0 Å². The number of aryl methyl sites for hydroxylation is 1. The van der Waals surface area contributed by atoms with Crippen LogP contribution in [0.3, 0.4) is 0 Å². The Balaban J connectivity index is 1.62. The summed E-state index contributed by atoms with van der Waals surface area (Å²) in [6.45, 7) is 7.70. The standard InChI is InChI=1S/C15H24N2O2S2/c1-10-6-14(20-13(10)9-16-12-4-5-12)21(18,19)17-8-11-7-15(11,2)3/h6,11-12,16-17H,4-5,7-9H2,1-3H3. The maximum Gasteiger partial charge on any atom is 0.250 e. The first-order valence-electron chi connectivity index (χ1n) is 7.60. The van der Waals surface area contributed by atoms with Crippen LogP contribution >= 0.6 is 11.3 Å². The summed E-state index contributed by atoms with van der Waals surface area (Å²) in [5.74, 6) is 0.476. The normalized spacial score (nSPS) is 24.2. The fraction of sp³-hybridized carbons (Fsp3) is 0.733. The lowest BCUT2D eigenvalue weighted by molar-refractivity contribution is 0.538. The van der Waals surface area contributed by atoms with Gasteiger partial charge in [-0.1, -0.05) is 13.8 Å². The quantitative estimate of drug-likeness (QED) is 0.809. The molecule has 2 fully saturated rings. The number of hydrogen-bond acceptors (Lipinski definition) is 4. The van der Waals surface area contributed by atoms with Crippen molar-refractivity contribution in [3.8, 4) is 0 Å². The van der Waals surface area contributed by atoms with Gasteiger partial charge >= 0.3 is 0 Å². The van der Waals surface area contributed by atoms with E-state index in [9.17, 15) is 8.42 Å². The maximum atomic E-state index is 12.4. The summed E-state index contributed by atoms with van der Waals surface area (Å²) < 4.78 is 28.0. The second-order valence-corrected chi connectivity index (χ2v) is 10.2. The molecule has 2 N–H and O–H groups in total. The molecule has 1 heterocycles. The van der Waals surface area contributed by atoms with Crippen molar-refractivity contribution in [2.75, 3.05) is 6.54 Å². The van der Waals surface area contributed by atoms with Gasteiger partial charge in [0.25, 0.3) is 0 Å². The first-order valence-corrected chi connectivity index (χ1v) is 9.90. The molecule has 1 aromatic heterocycles. The highest BCUT2D eigenvalue weighted by Gasteiger charge is 2.45. The van der Waals surface area contributed by atoms with Gasteiger partial charge in [0.05, 0.1) is 0 Å². The SMILES string of the molecule is Cc1cc(S(=O)(=O)NCC2CC2(C)C)sc1CNC1CC1. The van der Waals surface area contributed by atoms with Crippen LogP contribution in [0.25, 0.3) is 0 Å². The molecule has 0 radical (unpaired) electrons. The first-order chi connectivity index (χ1) is 9.78. The average molecular weight is 329 g/mol. The maximum absolute atomic E-state index is 12.4.